The lowest BCUT2D eigenvalue weighted by Gasteiger charge is -2.37. The number of nitrogens with one attached hydrogen (secondary N) is 2. The molecule has 4 rings (SSSR count). The summed E-state index contributed by atoms with van der Waals surface area (Å²) in [6, 6.07) is 22.0. The van der Waals surface area contributed by atoms with Crippen LogP contribution in [0.2, 0.25) is 0 Å². The van der Waals surface area contributed by atoms with Crippen LogP contribution in [-0.2, 0) is 33.7 Å². The fourth-order valence-electron chi connectivity index (χ4n) is 4.96. The Morgan fingerprint density at radius 2 is 1.74 bits per heavy atom. The molecule has 1 aliphatic heterocycles. The van der Waals surface area contributed by atoms with E-state index in [1.165, 1.54) is 11.1 Å². The largest absolute Gasteiger partial charge is 0.493 e. The first-order valence-corrected chi connectivity index (χ1v) is 13.3. The van der Waals surface area contributed by atoms with Gasteiger partial charge in [0.05, 0.1) is 27.4 Å². The third-order valence-electron chi connectivity index (χ3n) is 6.91. The second-order valence-corrected chi connectivity index (χ2v) is 9.46. The molecule has 1 unspecified atom stereocenters. The van der Waals surface area contributed by atoms with Gasteiger partial charge < -0.3 is 24.8 Å². The lowest BCUT2D eigenvalue weighted by atomic mass is 9.88. The normalized spacial score (nSPS) is 14.7. The number of esters is 1. The maximum absolute atomic E-state index is 13.0. The number of rotatable bonds is 12. The highest BCUT2D eigenvalue weighted by Gasteiger charge is 2.29. The molecule has 8 nitrogen and oxygen atoms in total. The highest BCUT2D eigenvalue weighted by Crippen LogP contribution is 2.36. The first-order valence-electron chi connectivity index (χ1n) is 13.3. The number of hydrogen-bond acceptors (Lipinski definition) is 7. The van der Waals surface area contributed by atoms with Crippen LogP contribution in [0.5, 0.6) is 11.5 Å². The quantitative estimate of drug-likeness (QED) is 0.340. The minimum absolute atomic E-state index is 0.00608. The minimum Gasteiger partial charge on any atom is -0.493 e. The van der Waals surface area contributed by atoms with Crippen LogP contribution in [0.25, 0.3) is 0 Å². The summed E-state index contributed by atoms with van der Waals surface area (Å²) in [6.45, 7) is 3.81. The molecule has 0 bridgehead atoms. The van der Waals surface area contributed by atoms with Crippen LogP contribution in [0.3, 0.4) is 0 Å². The highest BCUT2D eigenvalue weighted by atomic mass is 16.5. The number of anilines is 1. The van der Waals surface area contributed by atoms with E-state index in [1.54, 1.807) is 21.1 Å². The van der Waals surface area contributed by atoms with E-state index in [2.05, 4.69) is 27.7 Å². The van der Waals surface area contributed by atoms with Crippen LogP contribution in [-0.4, -0.2) is 57.2 Å². The molecule has 206 valence electrons. The van der Waals surface area contributed by atoms with Gasteiger partial charge in [-0.3, -0.25) is 14.5 Å². The summed E-state index contributed by atoms with van der Waals surface area (Å²) in [6.07, 6.45) is 1.51. The molecule has 0 saturated heterocycles. The number of nitrogens with zero attached hydrogens (tertiary/aromatic N) is 1. The van der Waals surface area contributed by atoms with Gasteiger partial charge in [0.25, 0.3) is 0 Å². The van der Waals surface area contributed by atoms with E-state index in [9.17, 15) is 9.59 Å². The van der Waals surface area contributed by atoms with E-state index < -0.39 is 0 Å². The number of carbonyl (C=O) groups is 2. The van der Waals surface area contributed by atoms with Crippen molar-refractivity contribution in [2.45, 2.75) is 32.4 Å². The standard InChI is InChI=1S/C31H37N3O5/c1-4-39-31(36)20-32-25-11-12-26-24(18-25)14-15-34(21-30(35)33-19-22-8-6-5-7-9-22)27(26)16-23-10-13-28(37-2)29(17-23)38-3/h5-13,17-18,27,32H,4,14-16,19-21H2,1-3H3,(H,33,35). The van der Waals surface area contributed by atoms with Gasteiger partial charge in [0, 0.05) is 24.8 Å². The topological polar surface area (TPSA) is 89.1 Å². The van der Waals surface area contributed by atoms with Gasteiger partial charge in [-0.05, 0) is 66.3 Å². The van der Waals surface area contributed by atoms with Crippen molar-refractivity contribution in [3.8, 4) is 11.5 Å². The van der Waals surface area contributed by atoms with Crippen molar-refractivity contribution in [2.75, 3.05) is 45.8 Å². The van der Waals surface area contributed by atoms with E-state index in [0.717, 1.165) is 29.8 Å². The number of benzene rings is 3. The predicted octanol–water partition coefficient (Wildman–Crippen LogP) is 4.14. The van der Waals surface area contributed by atoms with E-state index in [4.69, 9.17) is 14.2 Å². The summed E-state index contributed by atoms with van der Waals surface area (Å²) in [4.78, 5) is 27.0. The Hall–Kier alpha value is -4.04. The zero-order valence-corrected chi connectivity index (χ0v) is 22.9. The number of ether oxygens (including phenoxy) is 3. The number of hydrogen-bond donors (Lipinski definition) is 2. The van der Waals surface area contributed by atoms with Gasteiger partial charge >= 0.3 is 5.97 Å². The van der Waals surface area contributed by atoms with Crippen molar-refractivity contribution in [1.82, 2.24) is 10.2 Å². The lowest BCUT2D eigenvalue weighted by Crippen LogP contribution is -2.43. The van der Waals surface area contributed by atoms with E-state index in [1.807, 2.05) is 54.6 Å². The first-order chi connectivity index (χ1) is 19.0. The van der Waals surface area contributed by atoms with Gasteiger partial charge in [0.2, 0.25) is 5.91 Å². The van der Waals surface area contributed by atoms with Crippen molar-refractivity contribution in [3.63, 3.8) is 0 Å². The summed E-state index contributed by atoms with van der Waals surface area (Å²) in [5.74, 6) is 1.07. The Morgan fingerprint density at radius 3 is 2.49 bits per heavy atom. The van der Waals surface area contributed by atoms with Crippen LogP contribution < -0.4 is 20.1 Å². The second-order valence-electron chi connectivity index (χ2n) is 9.46. The molecule has 8 heteroatoms. The number of methoxy groups -OCH3 is 2. The third-order valence-corrected chi connectivity index (χ3v) is 6.91. The Bertz CT molecular complexity index is 1260. The molecule has 1 aliphatic rings. The summed E-state index contributed by atoms with van der Waals surface area (Å²) < 4.78 is 16.0. The molecular weight excluding hydrogens is 494 g/mol. The van der Waals surface area contributed by atoms with E-state index in [-0.39, 0.29) is 24.5 Å². The maximum Gasteiger partial charge on any atom is 0.325 e. The monoisotopic (exact) mass is 531 g/mol. The van der Waals surface area contributed by atoms with Crippen LogP contribution >= 0.6 is 0 Å². The van der Waals surface area contributed by atoms with Crippen molar-refractivity contribution < 1.29 is 23.8 Å². The van der Waals surface area contributed by atoms with Gasteiger partial charge in [-0.15, -0.1) is 0 Å². The molecule has 3 aromatic carbocycles. The van der Waals surface area contributed by atoms with Crippen LogP contribution in [0.1, 0.15) is 35.2 Å². The summed E-state index contributed by atoms with van der Waals surface area (Å²) in [5, 5.41) is 6.23. The molecule has 1 atom stereocenters. The van der Waals surface area contributed by atoms with Crippen LogP contribution in [0.4, 0.5) is 5.69 Å². The smallest absolute Gasteiger partial charge is 0.325 e. The molecule has 0 saturated carbocycles. The Morgan fingerprint density at radius 1 is 0.949 bits per heavy atom. The van der Waals surface area contributed by atoms with Gasteiger partial charge in [-0.25, -0.2) is 0 Å². The van der Waals surface area contributed by atoms with Crippen LogP contribution in [0, 0.1) is 0 Å². The van der Waals surface area contributed by atoms with E-state index >= 15 is 0 Å². The van der Waals surface area contributed by atoms with Crippen molar-refractivity contribution in [2.24, 2.45) is 0 Å². The molecule has 1 heterocycles. The number of carbonyl (C=O) groups excluding carboxylic acids is 2. The third kappa shape index (κ3) is 7.51. The SMILES string of the molecule is CCOC(=O)CNc1ccc2c(c1)CCN(CC(=O)NCc1ccccc1)C2Cc1ccc(OC)c(OC)c1. The molecule has 1 amide bonds. The summed E-state index contributed by atoms with van der Waals surface area (Å²) in [5.41, 5.74) is 5.41. The maximum atomic E-state index is 13.0. The van der Waals surface area contributed by atoms with Gasteiger partial charge in [-0.2, -0.15) is 0 Å². The minimum atomic E-state index is -0.283. The molecule has 0 aliphatic carbocycles. The fourth-order valence-corrected chi connectivity index (χ4v) is 4.96. The Kier molecular flexibility index (Phi) is 9.80. The van der Waals surface area contributed by atoms with Crippen molar-refractivity contribution in [1.29, 1.82) is 0 Å². The number of amides is 1. The Balaban J connectivity index is 1.54. The average molecular weight is 532 g/mol. The van der Waals surface area contributed by atoms with Gasteiger partial charge in [-0.1, -0.05) is 42.5 Å². The number of fused-ring (bicyclic) bond motifs is 1. The van der Waals surface area contributed by atoms with Crippen molar-refractivity contribution in [3.05, 3.63) is 89.0 Å². The van der Waals surface area contributed by atoms with E-state index in [0.29, 0.717) is 37.6 Å². The zero-order chi connectivity index (χ0) is 27.6. The molecule has 0 radical (unpaired) electrons. The summed E-state index contributed by atoms with van der Waals surface area (Å²) in [7, 11) is 3.25. The van der Waals surface area contributed by atoms with Gasteiger partial charge in [0.15, 0.2) is 11.5 Å². The average Bonchev–Trinajstić information content (AvgIpc) is 2.96. The first kappa shape index (κ1) is 28.0. The Labute approximate surface area is 230 Å². The molecule has 2 N–H and O–H groups in total. The fraction of sp³-hybridized carbons (Fsp3) is 0.355. The molecule has 0 aromatic heterocycles. The summed E-state index contributed by atoms with van der Waals surface area (Å²) >= 11 is 0. The predicted molar refractivity (Wildman–Crippen MR) is 151 cm³/mol. The molecule has 0 spiro atoms. The molecule has 39 heavy (non-hydrogen) atoms. The second kappa shape index (κ2) is 13.7. The molecule has 3 aromatic rings. The van der Waals surface area contributed by atoms with Crippen LogP contribution in [0.15, 0.2) is 66.7 Å². The highest BCUT2D eigenvalue weighted by molar-refractivity contribution is 5.78. The van der Waals surface area contributed by atoms with Gasteiger partial charge in [0.1, 0.15) is 6.54 Å². The molecular formula is C31H37N3O5. The van der Waals surface area contributed by atoms with Crippen molar-refractivity contribution >= 4 is 17.6 Å². The lowest BCUT2D eigenvalue weighted by molar-refractivity contribution is -0.140. The molecule has 0 fully saturated rings. The zero-order valence-electron chi connectivity index (χ0n) is 22.9.